The van der Waals surface area contributed by atoms with E-state index in [4.69, 9.17) is 0 Å². The molecule has 1 amide bonds. The van der Waals surface area contributed by atoms with Crippen molar-refractivity contribution in [2.75, 3.05) is 5.32 Å². The standard InChI is InChI=1S/C23H26N2O2.C2H6/c1-2-17-6-5-7-20(14-17)25-23(27)15-18-10-12-19(13-11-18)16-24-21-8-3-4-9-22(21)26;1-2/h3,5-8,10-14,24,26H,2,4,9,15-16H2,1H3,(H,25,27);1-2H3. The molecule has 0 heterocycles. The Kier molecular flexibility index (Phi) is 9.03. The van der Waals surface area contributed by atoms with Gasteiger partial charge in [-0.3, -0.25) is 4.79 Å². The van der Waals surface area contributed by atoms with E-state index in [1.807, 2.05) is 62.4 Å². The summed E-state index contributed by atoms with van der Waals surface area (Å²) in [5, 5.41) is 16.1. The van der Waals surface area contributed by atoms with Gasteiger partial charge in [0.2, 0.25) is 5.91 Å². The Balaban J connectivity index is 0.00000145. The highest BCUT2D eigenvalue weighted by Crippen LogP contribution is 2.15. The van der Waals surface area contributed by atoms with Crippen LogP contribution in [0.4, 0.5) is 5.69 Å². The Labute approximate surface area is 174 Å². The molecular formula is C25H32N2O2. The predicted octanol–water partition coefficient (Wildman–Crippen LogP) is 5.67. The Morgan fingerprint density at radius 1 is 1.03 bits per heavy atom. The molecule has 1 aliphatic carbocycles. The van der Waals surface area contributed by atoms with Crippen molar-refractivity contribution >= 4 is 11.6 Å². The number of hydrogen-bond donors (Lipinski definition) is 3. The second kappa shape index (κ2) is 11.7. The fraction of sp³-hybridized carbons (Fsp3) is 0.320. The molecule has 3 N–H and O–H groups in total. The average molecular weight is 393 g/mol. The number of anilines is 1. The number of carbonyl (C=O) groups is 1. The molecule has 2 aromatic carbocycles. The van der Waals surface area contributed by atoms with Crippen molar-refractivity contribution in [1.29, 1.82) is 0 Å². The molecule has 0 fully saturated rings. The monoisotopic (exact) mass is 392 g/mol. The maximum absolute atomic E-state index is 12.3. The van der Waals surface area contributed by atoms with E-state index in [1.54, 1.807) is 0 Å². The minimum atomic E-state index is -0.0171. The van der Waals surface area contributed by atoms with E-state index >= 15 is 0 Å². The molecule has 0 radical (unpaired) electrons. The SMILES string of the molecule is CC.CCc1cccc(NC(=O)Cc2ccc(CNC3=C(O)CCC=C3)cc2)c1. The van der Waals surface area contributed by atoms with E-state index in [-0.39, 0.29) is 5.91 Å². The molecule has 0 aromatic heterocycles. The fourth-order valence-corrected chi connectivity index (χ4v) is 3.04. The second-order valence-electron chi connectivity index (χ2n) is 6.75. The summed E-state index contributed by atoms with van der Waals surface area (Å²) < 4.78 is 0. The van der Waals surface area contributed by atoms with Crippen LogP contribution in [0.2, 0.25) is 0 Å². The molecule has 0 saturated heterocycles. The summed E-state index contributed by atoms with van der Waals surface area (Å²) in [4.78, 5) is 12.3. The largest absolute Gasteiger partial charge is 0.510 e. The van der Waals surface area contributed by atoms with Crippen molar-refractivity contribution in [2.45, 2.75) is 53.0 Å². The van der Waals surface area contributed by atoms with Gasteiger partial charge in [-0.1, -0.05) is 63.2 Å². The molecule has 0 atom stereocenters. The smallest absolute Gasteiger partial charge is 0.228 e. The number of rotatable bonds is 7. The number of carbonyl (C=O) groups excluding carboxylic acids is 1. The molecular weight excluding hydrogens is 360 g/mol. The van der Waals surface area contributed by atoms with Gasteiger partial charge in [0.25, 0.3) is 0 Å². The molecule has 0 spiro atoms. The topological polar surface area (TPSA) is 61.4 Å². The Hall–Kier alpha value is -3.01. The van der Waals surface area contributed by atoms with Crippen LogP contribution in [-0.4, -0.2) is 11.0 Å². The zero-order chi connectivity index (χ0) is 21.1. The summed E-state index contributed by atoms with van der Waals surface area (Å²) >= 11 is 0. The van der Waals surface area contributed by atoms with E-state index in [9.17, 15) is 9.90 Å². The minimum absolute atomic E-state index is 0.0171. The van der Waals surface area contributed by atoms with E-state index in [0.717, 1.165) is 35.4 Å². The highest BCUT2D eigenvalue weighted by molar-refractivity contribution is 5.92. The molecule has 3 rings (SSSR count). The fourth-order valence-electron chi connectivity index (χ4n) is 3.04. The summed E-state index contributed by atoms with van der Waals surface area (Å²) in [6.45, 7) is 6.74. The van der Waals surface area contributed by atoms with Crippen molar-refractivity contribution < 1.29 is 9.90 Å². The third-order valence-electron chi connectivity index (χ3n) is 4.63. The Morgan fingerprint density at radius 2 is 1.76 bits per heavy atom. The van der Waals surface area contributed by atoms with Gasteiger partial charge in [0.15, 0.2) is 0 Å². The predicted molar refractivity (Wildman–Crippen MR) is 121 cm³/mol. The van der Waals surface area contributed by atoms with Crippen LogP contribution in [0.5, 0.6) is 0 Å². The molecule has 0 unspecified atom stereocenters. The first-order valence-corrected chi connectivity index (χ1v) is 10.4. The van der Waals surface area contributed by atoms with E-state index in [0.29, 0.717) is 25.1 Å². The zero-order valence-corrected chi connectivity index (χ0v) is 17.7. The van der Waals surface area contributed by atoms with Crippen LogP contribution >= 0.6 is 0 Å². The van der Waals surface area contributed by atoms with Crippen LogP contribution in [0.15, 0.2) is 72.1 Å². The molecule has 4 heteroatoms. The Morgan fingerprint density at radius 3 is 2.45 bits per heavy atom. The number of aryl methyl sites for hydroxylation is 1. The van der Waals surface area contributed by atoms with E-state index in [2.05, 4.69) is 29.7 Å². The van der Waals surface area contributed by atoms with Gasteiger partial charge in [-0.05, 0) is 47.7 Å². The van der Waals surface area contributed by atoms with Gasteiger partial charge in [-0.15, -0.1) is 0 Å². The van der Waals surface area contributed by atoms with Crippen molar-refractivity contribution in [1.82, 2.24) is 5.32 Å². The lowest BCUT2D eigenvalue weighted by molar-refractivity contribution is -0.115. The third kappa shape index (κ3) is 7.15. The van der Waals surface area contributed by atoms with Gasteiger partial charge < -0.3 is 15.7 Å². The second-order valence-corrected chi connectivity index (χ2v) is 6.75. The summed E-state index contributed by atoms with van der Waals surface area (Å²) in [6.07, 6.45) is 6.85. The van der Waals surface area contributed by atoms with Gasteiger partial charge in [-0.25, -0.2) is 0 Å². The number of aliphatic hydroxyl groups excluding tert-OH is 1. The number of aliphatic hydroxyl groups is 1. The maximum atomic E-state index is 12.3. The first-order chi connectivity index (χ1) is 14.1. The highest BCUT2D eigenvalue weighted by Gasteiger charge is 2.07. The number of benzene rings is 2. The van der Waals surface area contributed by atoms with Crippen LogP contribution < -0.4 is 10.6 Å². The summed E-state index contributed by atoms with van der Waals surface area (Å²) in [5.74, 6) is 0.398. The quantitative estimate of drug-likeness (QED) is 0.569. The molecule has 29 heavy (non-hydrogen) atoms. The molecule has 1 aliphatic rings. The molecule has 0 aliphatic heterocycles. The van der Waals surface area contributed by atoms with Crippen LogP contribution in [0.3, 0.4) is 0 Å². The summed E-state index contributed by atoms with van der Waals surface area (Å²) in [7, 11) is 0. The lowest BCUT2D eigenvalue weighted by atomic mass is 10.1. The van der Waals surface area contributed by atoms with Crippen LogP contribution in [-0.2, 0) is 24.2 Å². The van der Waals surface area contributed by atoms with Gasteiger partial charge >= 0.3 is 0 Å². The van der Waals surface area contributed by atoms with Crippen LogP contribution in [0.1, 0.15) is 50.3 Å². The molecule has 4 nitrogen and oxygen atoms in total. The summed E-state index contributed by atoms with van der Waals surface area (Å²) in [6, 6.07) is 15.9. The van der Waals surface area contributed by atoms with E-state index in [1.165, 1.54) is 5.56 Å². The van der Waals surface area contributed by atoms with Crippen molar-refractivity contribution in [3.63, 3.8) is 0 Å². The summed E-state index contributed by atoms with van der Waals surface area (Å²) in [5.41, 5.74) is 4.92. The Bertz CT molecular complexity index is 851. The number of hydrogen-bond acceptors (Lipinski definition) is 3. The van der Waals surface area contributed by atoms with E-state index < -0.39 is 0 Å². The first kappa shape index (κ1) is 22.3. The molecule has 0 saturated carbocycles. The molecule has 154 valence electrons. The molecule has 2 aromatic rings. The zero-order valence-electron chi connectivity index (χ0n) is 17.7. The van der Waals surface area contributed by atoms with Crippen LogP contribution in [0, 0.1) is 0 Å². The van der Waals surface area contributed by atoms with Gasteiger partial charge in [0.1, 0.15) is 5.76 Å². The highest BCUT2D eigenvalue weighted by atomic mass is 16.3. The lowest BCUT2D eigenvalue weighted by Crippen LogP contribution is -2.16. The van der Waals surface area contributed by atoms with Gasteiger partial charge in [0, 0.05) is 18.7 Å². The lowest BCUT2D eigenvalue weighted by Gasteiger charge is -2.13. The normalized spacial score (nSPS) is 12.8. The van der Waals surface area contributed by atoms with Gasteiger partial charge in [-0.2, -0.15) is 0 Å². The maximum Gasteiger partial charge on any atom is 0.228 e. The minimum Gasteiger partial charge on any atom is -0.510 e. The number of allylic oxidation sites excluding steroid dienone is 3. The number of nitrogens with one attached hydrogen (secondary N) is 2. The number of amides is 1. The average Bonchev–Trinajstić information content (AvgIpc) is 2.75. The van der Waals surface area contributed by atoms with Crippen molar-refractivity contribution in [2.24, 2.45) is 0 Å². The first-order valence-electron chi connectivity index (χ1n) is 10.4. The molecule has 0 bridgehead atoms. The van der Waals surface area contributed by atoms with Crippen LogP contribution in [0.25, 0.3) is 0 Å². The van der Waals surface area contributed by atoms with Crippen molar-refractivity contribution in [3.8, 4) is 0 Å². The van der Waals surface area contributed by atoms with Gasteiger partial charge in [0.05, 0.1) is 12.1 Å². The van der Waals surface area contributed by atoms with Crippen molar-refractivity contribution in [3.05, 3.63) is 88.8 Å². The third-order valence-corrected chi connectivity index (χ3v) is 4.63.